The molecule has 3 aromatic rings. The molecule has 1 aliphatic rings. The summed E-state index contributed by atoms with van der Waals surface area (Å²) >= 11 is 1.68. The Labute approximate surface area is 179 Å². The third-order valence-corrected chi connectivity index (χ3v) is 5.79. The summed E-state index contributed by atoms with van der Waals surface area (Å²) in [6.07, 6.45) is 0.0975. The molecule has 154 valence electrons. The minimum Gasteiger partial charge on any atom is -0.444 e. The van der Waals surface area contributed by atoms with Crippen molar-refractivity contribution in [3.8, 4) is 0 Å². The van der Waals surface area contributed by atoms with E-state index in [0.717, 1.165) is 17.8 Å². The van der Waals surface area contributed by atoms with Gasteiger partial charge in [0.15, 0.2) is 0 Å². The van der Waals surface area contributed by atoms with E-state index in [2.05, 4.69) is 16.7 Å². The molecule has 30 heavy (non-hydrogen) atoms. The number of amides is 2. The van der Waals surface area contributed by atoms with Crippen LogP contribution in [0.4, 0.5) is 21.9 Å². The first-order valence-corrected chi connectivity index (χ1v) is 10.7. The van der Waals surface area contributed by atoms with Crippen LogP contribution in [0, 0.1) is 0 Å². The van der Waals surface area contributed by atoms with Crippen LogP contribution in [-0.2, 0) is 16.0 Å². The summed E-state index contributed by atoms with van der Waals surface area (Å²) in [4.78, 5) is 27.4. The lowest BCUT2D eigenvalue weighted by Gasteiger charge is -2.16. The van der Waals surface area contributed by atoms with Gasteiger partial charge in [-0.25, -0.2) is 4.79 Å². The van der Waals surface area contributed by atoms with Gasteiger partial charge in [-0.3, -0.25) is 10.1 Å². The molecular formula is C23H23N3O3S. The first-order chi connectivity index (χ1) is 14.7. The molecule has 6 nitrogen and oxygen atoms in total. The predicted molar refractivity (Wildman–Crippen MR) is 119 cm³/mol. The summed E-state index contributed by atoms with van der Waals surface area (Å²) in [5.41, 5.74) is 2.55. The maximum atomic E-state index is 12.2. The average molecular weight is 422 g/mol. The van der Waals surface area contributed by atoms with Crippen LogP contribution >= 0.6 is 11.3 Å². The van der Waals surface area contributed by atoms with E-state index in [9.17, 15) is 9.59 Å². The standard InChI is InChI=1S/C23H23N3O3S/c27-22-15-20(16-26(22)13-12-21-7-4-14-30-21)29-23(28)25-19-10-8-18(9-11-19)24-17-5-2-1-3-6-17/h1-11,14,20,24H,12-13,15-16H2,(H,25,28). The van der Waals surface area contributed by atoms with Crippen molar-refractivity contribution in [3.63, 3.8) is 0 Å². The topological polar surface area (TPSA) is 70.7 Å². The van der Waals surface area contributed by atoms with Gasteiger partial charge in [-0.15, -0.1) is 11.3 Å². The highest BCUT2D eigenvalue weighted by molar-refractivity contribution is 7.09. The number of nitrogens with zero attached hydrogens (tertiary/aromatic N) is 1. The fourth-order valence-corrected chi connectivity index (χ4v) is 4.05. The van der Waals surface area contributed by atoms with Gasteiger partial charge in [0.05, 0.1) is 13.0 Å². The second kappa shape index (κ2) is 9.45. The summed E-state index contributed by atoms with van der Waals surface area (Å²) in [5.74, 6) is 0.0284. The van der Waals surface area contributed by atoms with Gasteiger partial charge in [-0.2, -0.15) is 0 Å². The zero-order chi connectivity index (χ0) is 20.8. The van der Waals surface area contributed by atoms with Crippen LogP contribution in [0.3, 0.4) is 0 Å². The van der Waals surface area contributed by atoms with E-state index in [1.807, 2.05) is 53.9 Å². The first-order valence-electron chi connectivity index (χ1n) is 9.85. The molecule has 1 saturated heterocycles. The highest BCUT2D eigenvalue weighted by Gasteiger charge is 2.32. The Morgan fingerprint density at radius 3 is 2.47 bits per heavy atom. The Hall–Kier alpha value is -3.32. The SMILES string of the molecule is O=C(Nc1ccc(Nc2ccccc2)cc1)OC1CC(=O)N(CCc2cccs2)C1. The van der Waals surface area contributed by atoms with Crippen molar-refractivity contribution in [2.45, 2.75) is 18.9 Å². The number of thiophene rings is 1. The third-order valence-electron chi connectivity index (χ3n) is 4.85. The monoisotopic (exact) mass is 421 g/mol. The summed E-state index contributed by atoms with van der Waals surface area (Å²) in [6.45, 7) is 1.09. The minimum absolute atomic E-state index is 0.0284. The molecule has 0 bridgehead atoms. The second-order valence-electron chi connectivity index (χ2n) is 7.09. The van der Waals surface area contributed by atoms with Crippen LogP contribution in [0.2, 0.25) is 0 Å². The number of likely N-dealkylation sites (tertiary alicyclic amines) is 1. The van der Waals surface area contributed by atoms with E-state index >= 15 is 0 Å². The van der Waals surface area contributed by atoms with Crippen LogP contribution in [0.15, 0.2) is 72.1 Å². The Balaban J connectivity index is 1.24. The van der Waals surface area contributed by atoms with Gasteiger partial charge in [0.25, 0.3) is 0 Å². The molecule has 2 aromatic carbocycles. The number of anilines is 3. The maximum Gasteiger partial charge on any atom is 0.411 e. The van der Waals surface area contributed by atoms with Gasteiger partial charge in [0, 0.05) is 28.5 Å². The predicted octanol–water partition coefficient (Wildman–Crippen LogP) is 4.88. The van der Waals surface area contributed by atoms with E-state index in [0.29, 0.717) is 18.8 Å². The van der Waals surface area contributed by atoms with Crippen molar-refractivity contribution >= 4 is 40.4 Å². The molecule has 0 aliphatic carbocycles. The number of ether oxygens (including phenoxy) is 1. The van der Waals surface area contributed by atoms with Gasteiger partial charge >= 0.3 is 6.09 Å². The summed E-state index contributed by atoms with van der Waals surface area (Å²) in [7, 11) is 0. The minimum atomic E-state index is -0.545. The number of carbonyl (C=O) groups is 2. The average Bonchev–Trinajstić information content (AvgIpc) is 3.38. The van der Waals surface area contributed by atoms with E-state index in [4.69, 9.17) is 4.74 Å². The van der Waals surface area contributed by atoms with E-state index in [1.54, 1.807) is 28.4 Å². The van der Waals surface area contributed by atoms with Crippen LogP contribution in [0.25, 0.3) is 0 Å². The Bertz CT molecular complexity index is 975. The van der Waals surface area contributed by atoms with Crippen LogP contribution < -0.4 is 10.6 Å². The maximum absolute atomic E-state index is 12.2. The second-order valence-corrected chi connectivity index (χ2v) is 8.13. The first kappa shape index (κ1) is 20.0. The highest BCUT2D eigenvalue weighted by atomic mass is 32.1. The number of benzene rings is 2. The normalized spacial score (nSPS) is 15.8. The summed E-state index contributed by atoms with van der Waals surface area (Å²) in [5, 5.41) is 8.04. The van der Waals surface area contributed by atoms with Crippen LogP contribution in [0.5, 0.6) is 0 Å². The number of para-hydroxylation sites is 1. The smallest absolute Gasteiger partial charge is 0.411 e. The lowest BCUT2D eigenvalue weighted by molar-refractivity contribution is -0.127. The van der Waals surface area contributed by atoms with Crippen molar-refractivity contribution in [1.29, 1.82) is 0 Å². The van der Waals surface area contributed by atoms with Crippen molar-refractivity contribution in [2.75, 3.05) is 23.7 Å². The number of rotatable bonds is 7. The van der Waals surface area contributed by atoms with Gasteiger partial charge in [-0.05, 0) is 54.3 Å². The van der Waals surface area contributed by atoms with Crippen LogP contribution in [-0.4, -0.2) is 36.1 Å². The molecule has 1 fully saturated rings. The van der Waals surface area contributed by atoms with Gasteiger partial charge < -0.3 is 15.0 Å². The molecule has 2 N–H and O–H groups in total. The zero-order valence-electron chi connectivity index (χ0n) is 16.4. The quantitative estimate of drug-likeness (QED) is 0.570. The summed E-state index contributed by atoms with van der Waals surface area (Å²) < 4.78 is 5.45. The van der Waals surface area contributed by atoms with Crippen molar-refractivity contribution in [1.82, 2.24) is 4.90 Å². The lowest BCUT2D eigenvalue weighted by atomic mass is 10.2. The van der Waals surface area contributed by atoms with Gasteiger partial charge in [0.1, 0.15) is 6.10 Å². The Morgan fingerprint density at radius 2 is 1.73 bits per heavy atom. The number of nitrogens with one attached hydrogen (secondary N) is 2. The van der Waals surface area contributed by atoms with E-state index in [1.165, 1.54) is 4.88 Å². The highest BCUT2D eigenvalue weighted by Crippen LogP contribution is 2.20. The molecule has 7 heteroatoms. The third kappa shape index (κ3) is 5.39. The molecule has 2 heterocycles. The summed E-state index contributed by atoms with van der Waals surface area (Å²) in [6, 6.07) is 21.3. The lowest BCUT2D eigenvalue weighted by Crippen LogP contribution is -2.29. The molecule has 2 amide bonds. The molecular weight excluding hydrogens is 398 g/mol. The molecule has 1 unspecified atom stereocenters. The van der Waals surface area contributed by atoms with Crippen LogP contribution in [0.1, 0.15) is 11.3 Å². The van der Waals surface area contributed by atoms with Crippen molar-refractivity contribution < 1.29 is 14.3 Å². The number of hydrogen-bond acceptors (Lipinski definition) is 5. The van der Waals surface area contributed by atoms with Gasteiger partial charge in [0.2, 0.25) is 5.91 Å². The van der Waals surface area contributed by atoms with Crippen molar-refractivity contribution in [3.05, 3.63) is 77.0 Å². The zero-order valence-corrected chi connectivity index (χ0v) is 17.2. The van der Waals surface area contributed by atoms with E-state index in [-0.39, 0.29) is 12.3 Å². The Kier molecular flexibility index (Phi) is 6.29. The van der Waals surface area contributed by atoms with Gasteiger partial charge in [-0.1, -0.05) is 24.3 Å². The fraction of sp³-hybridized carbons (Fsp3) is 0.217. The molecule has 0 saturated carbocycles. The largest absolute Gasteiger partial charge is 0.444 e. The fourth-order valence-electron chi connectivity index (χ4n) is 3.35. The number of hydrogen-bond donors (Lipinski definition) is 2. The molecule has 0 spiro atoms. The molecule has 1 aliphatic heterocycles. The molecule has 1 atom stereocenters. The molecule has 0 radical (unpaired) electrons. The van der Waals surface area contributed by atoms with Crippen molar-refractivity contribution in [2.24, 2.45) is 0 Å². The number of carbonyl (C=O) groups excluding carboxylic acids is 2. The molecule has 1 aromatic heterocycles. The Morgan fingerprint density at radius 1 is 1.00 bits per heavy atom. The molecule has 4 rings (SSSR count). The van der Waals surface area contributed by atoms with E-state index < -0.39 is 12.2 Å².